The number of rotatable bonds is 8. The Labute approximate surface area is 180 Å². The second-order valence-corrected chi connectivity index (χ2v) is 7.72. The zero-order valence-corrected chi connectivity index (χ0v) is 17.9. The molecular formula is C21H28N4O6. The first-order chi connectivity index (χ1) is 14.8. The van der Waals surface area contributed by atoms with Gasteiger partial charge in [0.2, 0.25) is 0 Å². The third kappa shape index (κ3) is 5.13. The Morgan fingerprint density at radius 2 is 2.03 bits per heavy atom. The molecule has 2 amide bonds. The van der Waals surface area contributed by atoms with E-state index in [1.807, 2.05) is 38.1 Å². The van der Waals surface area contributed by atoms with Gasteiger partial charge in [0.15, 0.2) is 5.69 Å². The molecule has 3 rings (SSSR count). The van der Waals surface area contributed by atoms with Crippen molar-refractivity contribution in [2.24, 2.45) is 0 Å². The van der Waals surface area contributed by atoms with Crippen LogP contribution in [0.4, 0.5) is 4.79 Å². The first kappa shape index (κ1) is 22.5. The van der Waals surface area contributed by atoms with E-state index in [-0.39, 0.29) is 44.4 Å². The van der Waals surface area contributed by atoms with E-state index in [9.17, 15) is 19.5 Å². The summed E-state index contributed by atoms with van der Waals surface area (Å²) in [6.45, 7) is 5.87. The molecule has 2 N–H and O–H groups in total. The monoisotopic (exact) mass is 432 g/mol. The summed E-state index contributed by atoms with van der Waals surface area (Å²) in [6, 6.07) is 6.74. The number of carbonyl (C=O) groups excluding carboxylic acids is 2. The number of para-hydroxylation sites is 1. The molecule has 2 heterocycles. The fourth-order valence-electron chi connectivity index (χ4n) is 3.80. The number of benzene rings is 1. The molecule has 0 saturated carbocycles. The number of nitrogens with zero attached hydrogens (tertiary/aromatic N) is 3. The van der Waals surface area contributed by atoms with Gasteiger partial charge in [-0.3, -0.25) is 9.48 Å². The fourth-order valence-corrected chi connectivity index (χ4v) is 3.80. The van der Waals surface area contributed by atoms with Gasteiger partial charge in [0.25, 0.3) is 5.91 Å². The van der Waals surface area contributed by atoms with Crippen LogP contribution in [0.15, 0.2) is 24.3 Å². The van der Waals surface area contributed by atoms with E-state index in [2.05, 4.69) is 10.4 Å². The number of fused-ring (bicyclic) bond motifs is 1. The van der Waals surface area contributed by atoms with E-state index in [0.29, 0.717) is 12.1 Å². The molecule has 1 aliphatic rings. The van der Waals surface area contributed by atoms with Gasteiger partial charge >= 0.3 is 12.1 Å². The molecule has 31 heavy (non-hydrogen) atoms. The molecule has 168 valence electrons. The molecule has 10 nitrogen and oxygen atoms in total. The smallest absolute Gasteiger partial charge is 0.407 e. The number of hydrogen-bond acceptors (Lipinski definition) is 6. The molecule has 2 aromatic rings. The Hall–Kier alpha value is -3.14. The van der Waals surface area contributed by atoms with E-state index in [0.717, 1.165) is 10.9 Å². The van der Waals surface area contributed by atoms with Gasteiger partial charge in [0.1, 0.15) is 6.61 Å². The summed E-state index contributed by atoms with van der Waals surface area (Å²) in [7, 11) is 0. The maximum absolute atomic E-state index is 13.0. The number of nitrogens with one attached hydrogen (secondary N) is 1. The summed E-state index contributed by atoms with van der Waals surface area (Å²) < 4.78 is 11.9. The van der Waals surface area contributed by atoms with Gasteiger partial charge in [-0.05, 0) is 33.3 Å². The lowest BCUT2D eigenvalue weighted by Gasteiger charge is -2.20. The number of carboxylic acid groups (broad SMARTS) is 1. The number of hydrogen-bond donors (Lipinski definition) is 2. The summed E-state index contributed by atoms with van der Waals surface area (Å²) in [5.41, 5.74) is 1.18. The number of carbonyl (C=O) groups is 3. The topological polar surface area (TPSA) is 123 Å². The number of esters is 1. The second kappa shape index (κ2) is 9.78. The highest BCUT2D eigenvalue weighted by Gasteiger charge is 2.37. The Bertz CT molecular complexity index is 956. The highest BCUT2D eigenvalue weighted by atomic mass is 16.6. The normalized spacial score (nSPS) is 18.5. The van der Waals surface area contributed by atoms with Gasteiger partial charge in [0, 0.05) is 24.0 Å². The van der Waals surface area contributed by atoms with Crippen molar-refractivity contribution in [1.29, 1.82) is 0 Å². The van der Waals surface area contributed by atoms with Crippen LogP contribution in [0.2, 0.25) is 0 Å². The average molecular weight is 432 g/mol. The van der Waals surface area contributed by atoms with Gasteiger partial charge in [0.05, 0.1) is 24.8 Å². The van der Waals surface area contributed by atoms with Crippen molar-refractivity contribution in [2.75, 3.05) is 26.4 Å². The number of likely N-dealkylation sites (tertiary alicyclic amines) is 1. The molecule has 0 radical (unpaired) electrons. The minimum absolute atomic E-state index is 0.0440. The highest BCUT2D eigenvalue weighted by molar-refractivity contribution is 6.05. The summed E-state index contributed by atoms with van der Waals surface area (Å²) in [5.74, 6) is -0.848. The van der Waals surface area contributed by atoms with E-state index >= 15 is 0 Å². The van der Waals surface area contributed by atoms with Gasteiger partial charge in [-0.2, -0.15) is 5.10 Å². The molecule has 0 bridgehead atoms. The lowest BCUT2D eigenvalue weighted by Crippen LogP contribution is -2.40. The van der Waals surface area contributed by atoms with Gasteiger partial charge in [-0.1, -0.05) is 18.2 Å². The zero-order chi connectivity index (χ0) is 22.5. The van der Waals surface area contributed by atoms with Crippen LogP contribution in [0.1, 0.15) is 43.7 Å². The third-order valence-electron chi connectivity index (χ3n) is 5.15. The number of amides is 2. The van der Waals surface area contributed by atoms with Crippen LogP contribution in [-0.4, -0.2) is 76.2 Å². The summed E-state index contributed by atoms with van der Waals surface area (Å²) in [6.07, 6.45) is -0.722. The zero-order valence-electron chi connectivity index (χ0n) is 17.9. The van der Waals surface area contributed by atoms with E-state index < -0.39 is 18.1 Å². The quantitative estimate of drug-likeness (QED) is 0.612. The standard InChI is InChI=1S/C21H28N4O6/c1-4-31-18(26)12-30-11-15-9-14(10-24(15)21(28)29)22-20(27)19-16-7-5-6-8-17(16)25(23-19)13(2)3/h5-8,13-15H,4,9-12H2,1-3H3,(H,22,27)(H,28,29)/t14-,15-/m0/s1. The van der Waals surface area contributed by atoms with Crippen LogP contribution < -0.4 is 5.32 Å². The van der Waals surface area contributed by atoms with E-state index in [1.54, 1.807) is 11.6 Å². The second-order valence-electron chi connectivity index (χ2n) is 7.72. The lowest BCUT2D eigenvalue weighted by atomic mass is 10.1. The Morgan fingerprint density at radius 3 is 2.71 bits per heavy atom. The van der Waals surface area contributed by atoms with Gasteiger partial charge in [-0.15, -0.1) is 0 Å². The van der Waals surface area contributed by atoms with Crippen LogP contribution in [0.5, 0.6) is 0 Å². The van der Waals surface area contributed by atoms with Crippen LogP contribution in [0.25, 0.3) is 10.9 Å². The van der Waals surface area contributed by atoms with Crippen molar-refractivity contribution in [1.82, 2.24) is 20.0 Å². The molecule has 1 aromatic heterocycles. The van der Waals surface area contributed by atoms with Crippen molar-refractivity contribution in [3.8, 4) is 0 Å². The minimum Gasteiger partial charge on any atom is -0.465 e. The van der Waals surface area contributed by atoms with Crippen molar-refractivity contribution < 1.29 is 29.0 Å². The minimum atomic E-state index is -1.10. The molecule has 1 aromatic carbocycles. The van der Waals surface area contributed by atoms with Crippen molar-refractivity contribution in [3.05, 3.63) is 30.0 Å². The maximum Gasteiger partial charge on any atom is 0.407 e. The molecular weight excluding hydrogens is 404 g/mol. The predicted octanol–water partition coefficient (Wildman–Crippen LogP) is 2.05. The van der Waals surface area contributed by atoms with Crippen molar-refractivity contribution in [2.45, 2.75) is 45.3 Å². The Balaban J connectivity index is 1.67. The molecule has 0 aliphatic carbocycles. The van der Waals surface area contributed by atoms with Gasteiger partial charge < -0.3 is 24.8 Å². The molecule has 10 heteroatoms. The van der Waals surface area contributed by atoms with Crippen LogP contribution in [0, 0.1) is 0 Å². The summed E-state index contributed by atoms with van der Waals surface area (Å²) >= 11 is 0. The molecule has 2 atom stereocenters. The predicted molar refractivity (Wildman–Crippen MR) is 112 cm³/mol. The molecule has 1 aliphatic heterocycles. The van der Waals surface area contributed by atoms with Crippen LogP contribution in [0.3, 0.4) is 0 Å². The molecule has 1 saturated heterocycles. The van der Waals surface area contributed by atoms with Crippen molar-refractivity contribution >= 4 is 28.9 Å². The van der Waals surface area contributed by atoms with Crippen LogP contribution in [-0.2, 0) is 14.3 Å². The van der Waals surface area contributed by atoms with E-state index in [4.69, 9.17) is 9.47 Å². The Kier molecular flexibility index (Phi) is 7.11. The molecule has 0 unspecified atom stereocenters. The average Bonchev–Trinajstić information content (AvgIpc) is 3.30. The SMILES string of the molecule is CCOC(=O)COC[C@@H]1C[C@H](NC(=O)c2nn(C(C)C)c3ccccc23)CN1C(=O)O. The van der Waals surface area contributed by atoms with Crippen molar-refractivity contribution in [3.63, 3.8) is 0 Å². The van der Waals surface area contributed by atoms with Crippen LogP contribution >= 0.6 is 0 Å². The number of aromatic nitrogens is 2. The first-order valence-corrected chi connectivity index (χ1v) is 10.3. The summed E-state index contributed by atoms with van der Waals surface area (Å²) in [5, 5.41) is 17.6. The first-order valence-electron chi connectivity index (χ1n) is 10.3. The Morgan fingerprint density at radius 1 is 1.29 bits per heavy atom. The molecule has 1 fully saturated rings. The number of ether oxygens (including phenoxy) is 2. The van der Waals surface area contributed by atoms with E-state index in [1.165, 1.54) is 4.90 Å². The third-order valence-corrected chi connectivity index (χ3v) is 5.15. The summed E-state index contributed by atoms with van der Waals surface area (Å²) in [4.78, 5) is 37.2. The highest BCUT2D eigenvalue weighted by Crippen LogP contribution is 2.23. The fraction of sp³-hybridized carbons (Fsp3) is 0.524. The lowest BCUT2D eigenvalue weighted by molar-refractivity contribution is -0.148. The maximum atomic E-state index is 13.0. The van der Waals surface area contributed by atoms with Gasteiger partial charge in [-0.25, -0.2) is 9.59 Å². The molecule has 0 spiro atoms. The largest absolute Gasteiger partial charge is 0.465 e.